The van der Waals surface area contributed by atoms with E-state index in [1.54, 1.807) is 0 Å². The minimum absolute atomic E-state index is 0.768. The number of terminal acetylenes is 1. The molecule has 1 fully saturated rings. The molecule has 1 aliphatic carbocycles. The Morgan fingerprint density at radius 2 is 2.00 bits per heavy atom. The third-order valence-electron chi connectivity index (χ3n) is 4.14. The van der Waals surface area contributed by atoms with Crippen molar-refractivity contribution < 1.29 is 0 Å². The minimum Gasteiger partial charge on any atom is -0.314 e. The average molecular weight is 235 g/mol. The first-order valence-corrected chi connectivity index (χ1v) is 7.41. The number of rotatable bonds is 6. The van der Waals surface area contributed by atoms with Crippen molar-refractivity contribution in [3.63, 3.8) is 0 Å². The molecule has 1 N–H and O–H groups in total. The van der Waals surface area contributed by atoms with Crippen LogP contribution in [0.2, 0.25) is 0 Å². The molecule has 0 radical (unpaired) electrons. The SMILES string of the molecule is C#CCCCCNC1CCCC(C(C)C)CC1. The van der Waals surface area contributed by atoms with Crippen molar-refractivity contribution in [1.82, 2.24) is 5.32 Å². The fourth-order valence-electron chi connectivity index (χ4n) is 2.86. The summed E-state index contributed by atoms with van der Waals surface area (Å²) < 4.78 is 0. The van der Waals surface area contributed by atoms with Gasteiger partial charge in [0.05, 0.1) is 0 Å². The van der Waals surface area contributed by atoms with Gasteiger partial charge in [-0.05, 0) is 50.5 Å². The summed E-state index contributed by atoms with van der Waals surface area (Å²) in [6, 6.07) is 0.768. The van der Waals surface area contributed by atoms with E-state index in [0.717, 1.165) is 30.8 Å². The maximum absolute atomic E-state index is 5.25. The molecule has 0 amide bonds. The Bertz CT molecular complexity index is 226. The van der Waals surface area contributed by atoms with Crippen LogP contribution in [0.3, 0.4) is 0 Å². The van der Waals surface area contributed by atoms with Crippen LogP contribution in [-0.2, 0) is 0 Å². The Morgan fingerprint density at radius 1 is 1.18 bits per heavy atom. The first kappa shape index (κ1) is 14.6. The summed E-state index contributed by atoms with van der Waals surface area (Å²) >= 11 is 0. The molecular formula is C16H29N. The zero-order valence-corrected chi connectivity index (χ0v) is 11.7. The van der Waals surface area contributed by atoms with Crippen LogP contribution in [0.4, 0.5) is 0 Å². The Hall–Kier alpha value is -0.480. The van der Waals surface area contributed by atoms with Crippen molar-refractivity contribution in [2.75, 3.05) is 6.54 Å². The summed E-state index contributed by atoms with van der Waals surface area (Å²) in [4.78, 5) is 0. The van der Waals surface area contributed by atoms with Gasteiger partial charge in [-0.2, -0.15) is 0 Å². The van der Waals surface area contributed by atoms with Crippen molar-refractivity contribution in [3.05, 3.63) is 0 Å². The first-order chi connectivity index (χ1) is 8.24. The highest BCUT2D eigenvalue weighted by molar-refractivity contribution is 4.83. The maximum Gasteiger partial charge on any atom is 0.00865 e. The first-order valence-electron chi connectivity index (χ1n) is 7.41. The van der Waals surface area contributed by atoms with Crippen molar-refractivity contribution >= 4 is 0 Å². The molecule has 1 rings (SSSR count). The van der Waals surface area contributed by atoms with Crippen LogP contribution in [0, 0.1) is 24.2 Å². The lowest BCUT2D eigenvalue weighted by Gasteiger charge is -2.19. The fourth-order valence-corrected chi connectivity index (χ4v) is 2.86. The quantitative estimate of drug-likeness (QED) is 0.417. The second-order valence-corrected chi connectivity index (χ2v) is 5.82. The summed E-state index contributed by atoms with van der Waals surface area (Å²) in [5, 5.41) is 3.71. The highest BCUT2D eigenvalue weighted by atomic mass is 14.9. The van der Waals surface area contributed by atoms with Gasteiger partial charge in [0.2, 0.25) is 0 Å². The highest BCUT2D eigenvalue weighted by Crippen LogP contribution is 2.28. The van der Waals surface area contributed by atoms with Crippen LogP contribution in [0.25, 0.3) is 0 Å². The number of unbranched alkanes of at least 4 members (excludes halogenated alkanes) is 2. The number of hydrogen-bond donors (Lipinski definition) is 1. The molecule has 0 saturated heterocycles. The zero-order valence-electron chi connectivity index (χ0n) is 11.7. The minimum atomic E-state index is 0.768. The second kappa shape index (κ2) is 8.59. The molecule has 1 saturated carbocycles. The van der Waals surface area contributed by atoms with E-state index in [9.17, 15) is 0 Å². The van der Waals surface area contributed by atoms with Crippen LogP contribution >= 0.6 is 0 Å². The average Bonchev–Trinajstić information content (AvgIpc) is 2.54. The molecule has 1 nitrogen and oxygen atoms in total. The van der Waals surface area contributed by atoms with E-state index >= 15 is 0 Å². The van der Waals surface area contributed by atoms with Crippen LogP contribution in [0.15, 0.2) is 0 Å². The third kappa shape index (κ3) is 6.13. The monoisotopic (exact) mass is 235 g/mol. The normalized spacial score (nSPS) is 25.5. The van der Waals surface area contributed by atoms with E-state index in [1.807, 2.05) is 0 Å². The molecule has 0 aliphatic heterocycles. The van der Waals surface area contributed by atoms with Gasteiger partial charge in [0.1, 0.15) is 0 Å². The molecule has 17 heavy (non-hydrogen) atoms. The Balaban J connectivity index is 2.12. The predicted octanol–water partition coefficient (Wildman–Crippen LogP) is 3.98. The maximum atomic E-state index is 5.25. The smallest absolute Gasteiger partial charge is 0.00865 e. The summed E-state index contributed by atoms with van der Waals surface area (Å²) in [7, 11) is 0. The summed E-state index contributed by atoms with van der Waals surface area (Å²) in [5.74, 6) is 4.53. The molecular weight excluding hydrogens is 206 g/mol. The van der Waals surface area contributed by atoms with Crippen LogP contribution in [0.1, 0.15) is 65.2 Å². The van der Waals surface area contributed by atoms with Crippen molar-refractivity contribution in [2.24, 2.45) is 11.8 Å². The lowest BCUT2D eigenvalue weighted by Crippen LogP contribution is -2.29. The Labute approximate surface area is 108 Å². The predicted molar refractivity (Wildman–Crippen MR) is 75.9 cm³/mol. The van der Waals surface area contributed by atoms with Gasteiger partial charge >= 0.3 is 0 Å². The fraction of sp³-hybridized carbons (Fsp3) is 0.875. The molecule has 1 heteroatoms. The van der Waals surface area contributed by atoms with Crippen LogP contribution in [-0.4, -0.2) is 12.6 Å². The van der Waals surface area contributed by atoms with Crippen LogP contribution < -0.4 is 5.32 Å². The molecule has 1 aliphatic rings. The van der Waals surface area contributed by atoms with Gasteiger partial charge in [-0.1, -0.05) is 26.7 Å². The summed E-state index contributed by atoms with van der Waals surface area (Å²) in [6.45, 7) is 5.90. The molecule has 0 spiro atoms. The van der Waals surface area contributed by atoms with Crippen molar-refractivity contribution in [3.8, 4) is 12.3 Å². The van der Waals surface area contributed by atoms with Gasteiger partial charge in [-0.3, -0.25) is 0 Å². The molecule has 0 aromatic rings. The molecule has 98 valence electrons. The third-order valence-corrected chi connectivity index (χ3v) is 4.14. The molecule has 0 aromatic heterocycles. The van der Waals surface area contributed by atoms with Gasteiger partial charge in [-0.15, -0.1) is 12.3 Å². The highest BCUT2D eigenvalue weighted by Gasteiger charge is 2.20. The van der Waals surface area contributed by atoms with E-state index in [1.165, 1.54) is 44.9 Å². The van der Waals surface area contributed by atoms with Gasteiger partial charge in [-0.25, -0.2) is 0 Å². The van der Waals surface area contributed by atoms with Crippen molar-refractivity contribution in [2.45, 2.75) is 71.3 Å². The number of nitrogens with one attached hydrogen (secondary N) is 1. The summed E-state index contributed by atoms with van der Waals surface area (Å²) in [5.41, 5.74) is 0. The molecule has 0 aromatic carbocycles. The van der Waals surface area contributed by atoms with E-state index in [4.69, 9.17) is 6.42 Å². The largest absolute Gasteiger partial charge is 0.314 e. The standard InChI is InChI=1S/C16H29N/c1-4-5-6-7-13-17-16-10-8-9-15(11-12-16)14(2)3/h1,14-17H,5-13H2,2-3H3. The molecule has 0 heterocycles. The zero-order chi connectivity index (χ0) is 12.5. The summed E-state index contributed by atoms with van der Waals surface area (Å²) in [6.07, 6.45) is 15.6. The van der Waals surface area contributed by atoms with E-state index < -0.39 is 0 Å². The Kier molecular flexibility index (Phi) is 7.37. The van der Waals surface area contributed by atoms with E-state index in [2.05, 4.69) is 25.1 Å². The lowest BCUT2D eigenvalue weighted by molar-refractivity contribution is 0.337. The molecule has 2 atom stereocenters. The number of hydrogen-bond acceptors (Lipinski definition) is 1. The lowest BCUT2D eigenvalue weighted by atomic mass is 9.89. The van der Waals surface area contributed by atoms with Crippen molar-refractivity contribution in [1.29, 1.82) is 0 Å². The molecule has 2 unspecified atom stereocenters. The Morgan fingerprint density at radius 3 is 2.71 bits per heavy atom. The van der Waals surface area contributed by atoms with Gasteiger partial charge < -0.3 is 5.32 Å². The van der Waals surface area contributed by atoms with Crippen LogP contribution in [0.5, 0.6) is 0 Å². The van der Waals surface area contributed by atoms with E-state index in [0.29, 0.717) is 0 Å². The van der Waals surface area contributed by atoms with Gasteiger partial charge in [0.25, 0.3) is 0 Å². The molecule has 0 bridgehead atoms. The topological polar surface area (TPSA) is 12.0 Å². The van der Waals surface area contributed by atoms with Gasteiger partial charge in [0, 0.05) is 12.5 Å². The van der Waals surface area contributed by atoms with E-state index in [-0.39, 0.29) is 0 Å². The van der Waals surface area contributed by atoms with Gasteiger partial charge in [0.15, 0.2) is 0 Å². The second-order valence-electron chi connectivity index (χ2n) is 5.82.